The van der Waals surface area contributed by atoms with Crippen molar-refractivity contribution >= 4 is 0 Å². The first-order valence-corrected chi connectivity index (χ1v) is 5.68. The molecule has 0 saturated heterocycles. The van der Waals surface area contributed by atoms with E-state index in [1.165, 1.54) is 0 Å². The van der Waals surface area contributed by atoms with Gasteiger partial charge in [-0.1, -0.05) is 19.1 Å². The summed E-state index contributed by atoms with van der Waals surface area (Å²) in [5, 5.41) is 10.00. The van der Waals surface area contributed by atoms with Crippen LogP contribution in [0.5, 0.6) is 5.75 Å². The Hall–Kier alpha value is -1.06. The number of likely N-dealkylation sites (N-methyl/N-ethyl adjacent to an activating group) is 1. The molecule has 0 aromatic heterocycles. The van der Waals surface area contributed by atoms with Crippen LogP contribution in [-0.2, 0) is 0 Å². The molecule has 0 amide bonds. The molecule has 3 nitrogen and oxygen atoms in total. The molecule has 0 saturated carbocycles. The highest BCUT2D eigenvalue weighted by molar-refractivity contribution is 5.28. The smallest absolute Gasteiger partial charge is 0.118 e. The average Bonchev–Trinajstić information content (AvgIpc) is 2.29. The first-order valence-electron chi connectivity index (χ1n) is 5.68. The average molecular weight is 223 g/mol. The summed E-state index contributed by atoms with van der Waals surface area (Å²) in [5.41, 5.74) is 0.934. The van der Waals surface area contributed by atoms with Gasteiger partial charge in [-0.15, -0.1) is 0 Å². The van der Waals surface area contributed by atoms with Crippen LogP contribution in [0.4, 0.5) is 0 Å². The lowest BCUT2D eigenvalue weighted by Crippen LogP contribution is -2.25. The summed E-state index contributed by atoms with van der Waals surface area (Å²) in [5.74, 6) is 0.817. The van der Waals surface area contributed by atoms with Gasteiger partial charge in [0.05, 0.1) is 13.2 Å². The monoisotopic (exact) mass is 223 g/mol. The summed E-state index contributed by atoms with van der Waals surface area (Å²) in [7, 11) is 3.66. The maximum absolute atomic E-state index is 10.00. The summed E-state index contributed by atoms with van der Waals surface area (Å²) in [4.78, 5) is 2.13. The summed E-state index contributed by atoms with van der Waals surface area (Å²) < 4.78 is 5.08. The van der Waals surface area contributed by atoms with Crippen molar-refractivity contribution < 1.29 is 9.84 Å². The second kappa shape index (κ2) is 6.51. The molecular formula is C13H21NO2. The van der Waals surface area contributed by atoms with Crippen molar-refractivity contribution in [2.75, 3.05) is 27.2 Å². The molecule has 0 spiro atoms. The number of nitrogens with zero attached hydrogens (tertiary/aromatic N) is 1. The standard InChI is InChI=1S/C13H21NO2/c1-4-9-14(2)10-13(15)11-5-7-12(16-3)8-6-11/h5-8,13,15H,4,9-10H2,1-3H3. The topological polar surface area (TPSA) is 32.7 Å². The third-order valence-electron chi connectivity index (χ3n) is 2.59. The summed E-state index contributed by atoms with van der Waals surface area (Å²) in [6.07, 6.45) is 0.675. The molecule has 1 aromatic rings. The molecule has 0 aliphatic heterocycles. The van der Waals surface area contributed by atoms with E-state index >= 15 is 0 Å². The van der Waals surface area contributed by atoms with E-state index in [2.05, 4.69) is 11.8 Å². The molecule has 1 unspecified atom stereocenters. The Kier molecular flexibility index (Phi) is 5.29. The fourth-order valence-electron chi connectivity index (χ4n) is 1.70. The Morgan fingerprint density at radius 2 is 1.94 bits per heavy atom. The fourth-order valence-corrected chi connectivity index (χ4v) is 1.70. The second-order valence-corrected chi connectivity index (χ2v) is 4.05. The molecule has 1 N–H and O–H groups in total. The van der Waals surface area contributed by atoms with Crippen molar-refractivity contribution in [2.24, 2.45) is 0 Å². The molecule has 90 valence electrons. The molecule has 0 radical (unpaired) electrons. The van der Waals surface area contributed by atoms with E-state index in [9.17, 15) is 5.11 Å². The lowest BCUT2D eigenvalue weighted by atomic mass is 10.1. The van der Waals surface area contributed by atoms with Gasteiger partial charge < -0.3 is 14.7 Å². The van der Waals surface area contributed by atoms with E-state index in [4.69, 9.17) is 4.74 Å². The molecule has 1 rings (SSSR count). The number of aliphatic hydroxyl groups is 1. The van der Waals surface area contributed by atoms with Crippen LogP contribution in [0.25, 0.3) is 0 Å². The maximum atomic E-state index is 10.00. The Balaban J connectivity index is 2.55. The normalized spacial score (nSPS) is 12.8. The summed E-state index contributed by atoms with van der Waals surface area (Å²) in [6.45, 7) is 3.81. The van der Waals surface area contributed by atoms with Crippen LogP contribution >= 0.6 is 0 Å². The van der Waals surface area contributed by atoms with Gasteiger partial charge in [-0.3, -0.25) is 0 Å². The molecule has 0 fully saturated rings. The minimum atomic E-state index is -0.428. The van der Waals surface area contributed by atoms with Crippen LogP contribution in [0.3, 0.4) is 0 Å². The molecule has 16 heavy (non-hydrogen) atoms. The van der Waals surface area contributed by atoms with Gasteiger partial charge in [0, 0.05) is 6.54 Å². The minimum absolute atomic E-state index is 0.428. The van der Waals surface area contributed by atoms with Crippen LogP contribution in [0.15, 0.2) is 24.3 Å². The highest BCUT2D eigenvalue weighted by atomic mass is 16.5. The zero-order valence-electron chi connectivity index (χ0n) is 10.3. The number of aliphatic hydroxyl groups excluding tert-OH is 1. The van der Waals surface area contributed by atoms with Gasteiger partial charge >= 0.3 is 0 Å². The van der Waals surface area contributed by atoms with Gasteiger partial charge in [-0.05, 0) is 37.7 Å². The van der Waals surface area contributed by atoms with Gasteiger partial charge in [-0.2, -0.15) is 0 Å². The first kappa shape index (κ1) is 13.0. The van der Waals surface area contributed by atoms with Crippen LogP contribution in [-0.4, -0.2) is 37.3 Å². The van der Waals surface area contributed by atoms with Gasteiger partial charge in [-0.25, -0.2) is 0 Å². The number of ether oxygens (including phenoxy) is 1. The van der Waals surface area contributed by atoms with Crippen LogP contribution in [0, 0.1) is 0 Å². The van der Waals surface area contributed by atoms with Crippen molar-refractivity contribution in [3.63, 3.8) is 0 Å². The van der Waals surface area contributed by atoms with Gasteiger partial charge in [0.1, 0.15) is 5.75 Å². The van der Waals surface area contributed by atoms with Crippen LogP contribution < -0.4 is 4.74 Å². The molecule has 0 aliphatic carbocycles. The SMILES string of the molecule is CCCN(C)CC(O)c1ccc(OC)cc1. The lowest BCUT2D eigenvalue weighted by molar-refractivity contribution is 0.127. The third-order valence-corrected chi connectivity index (χ3v) is 2.59. The van der Waals surface area contributed by atoms with Gasteiger partial charge in [0.15, 0.2) is 0 Å². The Labute approximate surface area is 97.7 Å². The van der Waals surface area contributed by atoms with E-state index in [-0.39, 0.29) is 0 Å². The zero-order valence-corrected chi connectivity index (χ0v) is 10.3. The van der Waals surface area contributed by atoms with E-state index in [0.29, 0.717) is 6.54 Å². The van der Waals surface area contributed by atoms with E-state index in [0.717, 1.165) is 24.3 Å². The first-order chi connectivity index (χ1) is 7.67. The summed E-state index contributed by atoms with van der Waals surface area (Å²) in [6, 6.07) is 7.56. The van der Waals surface area contributed by atoms with Crippen LogP contribution in [0.2, 0.25) is 0 Å². The molecule has 1 atom stereocenters. The largest absolute Gasteiger partial charge is 0.497 e. The van der Waals surface area contributed by atoms with Crippen molar-refractivity contribution in [2.45, 2.75) is 19.4 Å². The summed E-state index contributed by atoms with van der Waals surface area (Å²) >= 11 is 0. The van der Waals surface area contributed by atoms with Crippen molar-refractivity contribution in [1.82, 2.24) is 4.90 Å². The van der Waals surface area contributed by atoms with Crippen molar-refractivity contribution in [3.05, 3.63) is 29.8 Å². The van der Waals surface area contributed by atoms with E-state index in [1.807, 2.05) is 31.3 Å². The number of hydrogen-bond acceptors (Lipinski definition) is 3. The highest BCUT2D eigenvalue weighted by Gasteiger charge is 2.09. The Bertz CT molecular complexity index is 297. The molecule has 0 heterocycles. The number of benzene rings is 1. The number of methoxy groups -OCH3 is 1. The van der Waals surface area contributed by atoms with E-state index < -0.39 is 6.10 Å². The highest BCUT2D eigenvalue weighted by Crippen LogP contribution is 2.18. The van der Waals surface area contributed by atoms with Gasteiger partial charge in [0.2, 0.25) is 0 Å². The lowest BCUT2D eigenvalue weighted by Gasteiger charge is -2.20. The molecule has 1 aromatic carbocycles. The fraction of sp³-hybridized carbons (Fsp3) is 0.538. The zero-order chi connectivity index (χ0) is 12.0. The molecular weight excluding hydrogens is 202 g/mol. The minimum Gasteiger partial charge on any atom is -0.497 e. The third kappa shape index (κ3) is 3.83. The van der Waals surface area contributed by atoms with Crippen LogP contribution in [0.1, 0.15) is 25.0 Å². The number of hydrogen-bond donors (Lipinski definition) is 1. The second-order valence-electron chi connectivity index (χ2n) is 4.05. The van der Waals surface area contributed by atoms with Gasteiger partial charge in [0.25, 0.3) is 0 Å². The maximum Gasteiger partial charge on any atom is 0.118 e. The van der Waals surface area contributed by atoms with E-state index in [1.54, 1.807) is 7.11 Å². The Morgan fingerprint density at radius 3 is 2.44 bits per heavy atom. The number of rotatable bonds is 6. The quantitative estimate of drug-likeness (QED) is 0.801. The van der Waals surface area contributed by atoms with Crippen molar-refractivity contribution in [1.29, 1.82) is 0 Å². The Morgan fingerprint density at radius 1 is 1.31 bits per heavy atom. The molecule has 3 heteroatoms. The molecule has 0 bridgehead atoms. The predicted molar refractivity (Wildman–Crippen MR) is 65.7 cm³/mol. The predicted octanol–water partition coefficient (Wildman–Crippen LogP) is 2.07. The van der Waals surface area contributed by atoms with Crippen molar-refractivity contribution in [3.8, 4) is 5.75 Å². The molecule has 0 aliphatic rings.